The maximum atomic E-state index is 12.1. The number of ether oxygens (including phenoxy) is 1. The van der Waals surface area contributed by atoms with E-state index in [-0.39, 0.29) is 6.61 Å². The van der Waals surface area contributed by atoms with Crippen molar-refractivity contribution in [2.45, 2.75) is 72.8 Å². The maximum absolute atomic E-state index is 12.1. The molecule has 5 heteroatoms. The highest BCUT2D eigenvalue weighted by molar-refractivity contribution is 5.90. The van der Waals surface area contributed by atoms with Gasteiger partial charge in [-0.25, -0.2) is 4.79 Å². The summed E-state index contributed by atoms with van der Waals surface area (Å²) in [4.78, 5) is 13.7. The summed E-state index contributed by atoms with van der Waals surface area (Å²) in [7, 11) is 0. The van der Waals surface area contributed by atoms with E-state index in [1.165, 1.54) is 37.0 Å². The van der Waals surface area contributed by atoms with Gasteiger partial charge in [-0.3, -0.25) is 4.90 Å². The highest BCUT2D eigenvalue weighted by atomic mass is 16.6. The minimum absolute atomic E-state index is 0.160. The van der Waals surface area contributed by atoms with Crippen LogP contribution in [0.5, 0.6) is 0 Å². The van der Waals surface area contributed by atoms with E-state index >= 15 is 0 Å². The maximum Gasteiger partial charge on any atom is 0.414 e. The molecule has 176 valence electrons. The van der Waals surface area contributed by atoms with Gasteiger partial charge < -0.3 is 15.2 Å². The number of hydrogen-bond donors (Lipinski definition) is 2. The van der Waals surface area contributed by atoms with Gasteiger partial charge in [0.2, 0.25) is 0 Å². The third-order valence-corrected chi connectivity index (χ3v) is 5.99. The number of allylic oxidation sites excluding steroid dienone is 5. The third-order valence-electron chi connectivity index (χ3n) is 5.99. The molecule has 1 unspecified atom stereocenters. The summed E-state index contributed by atoms with van der Waals surface area (Å²) in [6.07, 6.45) is 11.6. The second kappa shape index (κ2) is 13.1. The standard InChI is InChI=1S/C27H40N2O3/c1-6-9-10-11-16-28-26(20(4)7-2)15-12-22(8-3)25-14-13-23(17-21(25)5)29-18-24(19-30)32-27(29)31/h8,12-15,17,24,28,30H,6-7,9-11,16,18-19H2,1-5H3/b15-12-,22-8+,26-20+. The van der Waals surface area contributed by atoms with Crippen LogP contribution in [0.25, 0.3) is 5.57 Å². The van der Waals surface area contributed by atoms with Crippen molar-refractivity contribution in [1.82, 2.24) is 5.32 Å². The molecule has 2 N–H and O–H groups in total. The monoisotopic (exact) mass is 440 g/mol. The minimum Gasteiger partial charge on any atom is -0.441 e. The molecule has 1 atom stereocenters. The average Bonchev–Trinajstić information content (AvgIpc) is 3.18. The number of carbonyl (C=O) groups is 1. The number of cyclic esters (lactones) is 1. The molecule has 2 rings (SSSR count). The number of benzene rings is 1. The van der Waals surface area contributed by atoms with Crippen LogP contribution in [0.15, 0.2) is 47.7 Å². The normalized spacial score (nSPS) is 17.7. The zero-order chi connectivity index (χ0) is 23.5. The van der Waals surface area contributed by atoms with Gasteiger partial charge in [-0.2, -0.15) is 0 Å². The first-order chi connectivity index (χ1) is 15.4. The average molecular weight is 441 g/mol. The molecule has 32 heavy (non-hydrogen) atoms. The number of carbonyl (C=O) groups excluding carboxylic acids is 1. The van der Waals surface area contributed by atoms with Gasteiger partial charge in [0.05, 0.1) is 13.2 Å². The van der Waals surface area contributed by atoms with Crippen LogP contribution in [0.2, 0.25) is 0 Å². The Balaban J connectivity index is 2.15. The van der Waals surface area contributed by atoms with Crippen LogP contribution in [-0.4, -0.2) is 37.0 Å². The molecule has 0 bridgehead atoms. The van der Waals surface area contributed by atoms with Crippen molar-refractivity contribution >= 4 is 17.4 Å². The van der Waals surface area contributed by atoms with Gasteiger partial charge in [0.25, 0.3) is 0 Å². The van der Waals surface area contributed by atoms with Gasteiger partial charge in [0.15, 0.2) is 0 Å². The Morgan fingerprint density at radius 2 is 2.03 bits per heavy atom. The third kappa shape index (κ3) is 6.99. The van der Waals surface area contributed by atoms with Crippen molar-refractivity contribution in [1.29, 1.82) is 0 Å². The number of nitrogens with zero attached hydrogens (tertiary/aromatic N) is 1. The molecular formula is C27H40N2O3. The number of nitrogens with one attached hydrogen (secondary N) is 1. The zero-order valence-electron chi connectivity index (χ0n) is 20.4. The van der Waals surface area contributed by atoms with Gasteiger partial charge >= 0.3 is 6.09 Å². The molecule has 1 fully saturated rings. The van der Waals surface area contributed by atoms with Gasteiger partial charge in [-0.1, -0.05) is 56.9 Å². The summed E-state index contributed by atoms with van der Waals surface area (Å²) >= 11 is 0. The molecular weight excluding hydrogens is 400 g/mol. The lowest BCUT2D eigenvalue weighted by molar-refractivity contribution is 0.0963. The number of hydrogen-bond acceptors (Lipinski definition) is 4. The highest BCUT2D eigenvalue weighted by Gasteiger charge is 2.31. The zero-order valence-corrected chi connectivity index (χ0v) is 20.4. The number of aliphatic hydroxyl groups is 1. The van der Waals surface area contributed by atoms with Crippen molar-refractivity contribution in [2.24, 2.45) is 0 Å². The predicted octanol–water partition coefficient (Wildman–Crippen LogP) is 6.13. The number of unbranched alkanes of at least 4 members (excludes halogenated alkanes) is 3. The minimum atomic E-state index is -0.460. The molecule has 0 aromatic heterocycles. The van der Waals surface area contributed by atoms with Crippen molar-refractivity contribution in [3.05, 3.63) is 58.8 Å². The lowest BCUT2D eigenvalue weighted by atomic mass is 9.98. The van der Waals surface area contributed by atoms with E-state index in [1.54, 1.807) is 4.90 Å². The van der Waals surface area contributed by atoms with Crippen LogP contribution in [-0.2, 0) is 4.74 Å². The second-order valence-corrected chi connectivity index (χ2v) is 8.41. The fraction of sp³-hybridized carbons (Fsp3) is 0.519. The highest BCUT2D eigenvalue weighted by Crippen LogP contribution is 2.28. The van der Waals surface area contributed by atoms with Crippen LogP contribution in [0, 0.1) is 6.92 Å². The molecule has 1 aromatic carbocycles. The first-order valence-electron chi connectivity index (χ1n) is 11.9. The van der Waals surface area contributed by atoms with Crippen LogP contribution in [0.4, 0.5) is 10.5 Å². The Morgan fingerprint density at radius 3 is 2.62 bits per heavy atom. The molecule has 1 amide bonds. The summed E-state index contributed by atoms with van der Waals surface area (Å²) in [6.45, 7) is 11.9. The second-order valence-electron chi connectivity index (χ2n) is 8.41. The molecule has 1 aliphatic rings. The predicted molar refractivity (Wildman–Crippen MR) is 134 cm³/mol. The lowest BCUT2D eigenvalue weighted by Crippen LogP contribution is -2.25. The van der Waals surface area contributed by atoms with Crippen LogP contribution < -0.4 is 10.2 Å². The Bertz CT molecular complexity index is 854. The SMILES string of the molecule is C\C=C(/C=C\C(NCCCCCC)=C(\C)CC)c1ccc(N2CC(CO)OC2=O)cc1C. The molecule has 1 saturated heterocycles. The lowest BCUT2D eigenvalue weighted by Gasteiger charge is -2.16. The van der Waals surface area contributed by atoms with E-state index in [0.29, 0.717) is 6.54 Å². The van der Waals surface area contributed by atoms with E-state index < -0.39 is 12.2 Å². The summed E-state index contributed by atoms with van der Waals surface area (Å²) < 4.78 is 5.17. The van der Waals surface area contributed by atoms with Crippen molar-refractivity contribution in [3.8, 4) is 0 Å². The van der Waals surface area contributed by atoms with E-state index in [0.717, 1.165) is 35.4 Å². The van der Waals surface area contributed by atoms with Crippen LogP contribution in [0.1, 0.15) is 70.9 Å². The number of aryl methyl sites for hydroxylation is 1. The molecule has 1 heterocycles. The molecule has 5 nitrogen and oxygen atoms in total. The topological polar surface area (TPSA) is 61.8 Å². The summed E-state index contributed by atoms with van der Waals surface area (Å²) in [5.74, 6) is 0. The first kappa shape index (κ1) is 25.7. The van der Waals surface area contributed by atoms with E-state index in [4.69, 9.17) is 4.74 Å². The Morgan fingerprint density at radius 1 is 1.25 bits per heavy atom. The van der Waals surface area contributed by atoms with Crippen LogP contribution in [0.3, 0.4) is 0 Å². The molecule has 1 aliphatic heterocycles. The van der Waals surface area contributed by atoms with E-state index in [2.05, 4.69) is 57.3 Å². The van der Waals surface area contributed by atoms with Crippen molar-refractivity contribution in [2.75, 3.05) is 24.6 Å². The summed E-state index contributed by atoms with van der Waals surface area (Å²) in [6, 6.07) is 6.01. The largest absolute Gasteiger partial charge is 0.441 e. The Kier molecular flexibility index (Phi) is 10.5. The molecule has 0 spiro atoms. The van der Waals surface area contributed by atoms with E-state index in [9.17, 15) is 9.90 Å². The van der Waals surface area contributed by atoms with Gasteiger partial charge in [-0.05, 0) is 68.5 Å². The first-order valence-corrected chi connectivity index (χ1v) is 11.9. The number of aliphatic hydroxyl groups excluding tert-OH is 1. The van der Waals surface area contributed by atoms with Crippen LogP contribution >= 0.6 is 0 Å². The van der Waals surface area contributed by atoms with E-state index in [1.807, 2.05) is 19.1 Å². The molecule has 0 saturated carbocycles. The molecule has 0 radical (unpaired) electrons. The Hall–Kier alpha value is -2.53. The molecule has 1 aromatic rings. The van der Waals surface area contributed by atoms with Gasteiger partial charge in [0, 0.05) is 17.9 Å². The van der Waals surface area contributed by atoms with Gasteiger partial charge in [0.1, 0.15) is 6.10 Å². The fourth-order valence-corrected chi connectivity index (χ4v) is 3.80. The Labute approximate surface area is 193 Å². The summed E-state index contributed by atoms with van der Waals surface area (Å²) in [5, 5.41) is 12.9. The van der Waals surface area contributed by atoms with Crippen molar-refractivity contribution in [3.63, 3.8) is 0 Å². The quantitative estimate of drug-likeness (QED) is 0.303. The smallest absolute Gasteiger partial charge is 0.414 e. The van der Waals surface area contributed by atoms with Crippen molar-refractivity contribution < 1.29 is 14.6 Å². The molecule has 0 aliphatic carbocycles. The summed E-state index contributed by atoms with van der Waals surface area (Å²) in [5.41, 5.74) is 6.71. The number of anilines is 1. The number of rotatable bonds is 12. The fourth-order valence-electron chi connectivity index (χ4n) is 3.80. The van der Waals surface area contributed by atoms with Gasteiger partial charge in [-0.15, -0.1) is 0 Å². The number of amides is 1.